The molecule has 20 heavy (non-hydrogen) atoms. The molecule has 1 heterocycles. The minimum atomic E-state index is -0.481. The molecule has 0 spiro atoms. The highest BCUT2D eigenvalue weighted by Crippen LogP contribution is 2.24. The monoisotopic (exact) mass is 309 g/mol. The maximum absolute atomic E-state index is 13.1. The molecule has 0 fully saturated rings. The van der Waals surface area contributed by atoms with Crippen LogP contribution < -0.4 is 5.32 Å². The van der Waals surface area contributed by atoms with Crippen molar-refractivity contribution < 1.29 is 14.3 Å². The highest BCUT2D eigenvalue weighted by Gasteiger charge is 2.11. The van der Waals surface area contributed by atoms with Gasteiger partial charge in [0.1, 0.15) is 12.4 Å². The Labute approximate surface area is 124 Å². The molecular weight excluding hydrogens is 301 g/mol. The Hall–Kier alpha value is -1.87. The van der Waals surface area contributed by atoms with Crippen LogP contribution in [0.2, 0.25) is 5.02 Å². The normalized spacial score (nSPS) is 9.75. The third kappa shape index (κ3) is 3.58. The van der Waals surface area contributed by atoms with E-state index in [0.29, 0.717) is 9.75 Å². The predicted molar refractivity (Wildman–Crippen MR) is 77.6 cm³/mol. The number of aliphatic hydroxyl groups excluding tert-OH is 1. The molecule has 0 aliphatic rings. The first-order chi connectivity index (χ1) is 9.60. The number of carbonyl (C=O) groups excluding carboxylic acids is 1. The second kappa shape index (κ2) is 6.53. The molecule has 2 rings (SSSR count). The Bertz CT molecular complexity index is 703. The Morgan fingerprint density at radius 3 is 2.95 bits per heavy atom. The van der Waals surface area contributed by atoms with Crippen molar-refractivity contribution in [2.75, 3.05) is 11.9 Å². The first kappa shape index (κ1) is 14.5. The van der Waals surface area contributed by atoms with Gasteiger partial charge in [-0.3, -0.25) is 4.79 Å². The molecule has 0 radical (unpaired) electrons. The van der Waals surface area contributed by atoms with Crippen LogP contribution in [0.25, 0.3) is 0 Å². The number of hydrogen-bond acceptors (Lipinski definition) is 3. The Morgan fingerprint density at radius 2 is 2.20 bits per heavy atom. The number of rotatable bonds is 2. The van der Waals surface area contributed by atoms with Crippen LogP contribution in [0.15, 0.2) is 30.3 Å². The van der Waals surface area contributed by atoms with Gasteiger partial charge in [-0.05, 0) is 30.3 Å². The number of hydrogen-bond donors (Lipinski definition) is 2. The topological polar surface area (TPSA) is 49.3 Å². The van der Waals surface area contributed by atoms with Crippen molar-refractivity contribution in [3.63, 3.8) is 0 Å². The summed E-state index contributed by atoms with van der Waals surface area (Å²) in [5.41, 5.74) is 0.216. The molecule has 1 aromatic heterocycles. The van der Waals surface area contributed by atoms with E-state index in [1.165, 1.54) is 23.5 Å². The molecule has 1 amide bonds. The van der Waals surface area contributed by atoms with Crippen LogP contribution in [-0.2, 0) is 0 Å². The van der Waals surface area contributed by atoms with E-state index in [2.05, 4.69) is 17.2 Å². The second-order valence-electron chi connectivity index (χ2n) is 3.70. The number of aliphatic hydroxyl groups is 1. The largest absolute Gasteiger partial charge is 0.384 e. The van der Waals surface area contributed by atoms with E-state index in [0.717, 1.165) is 6.07 Å². The molecule has 2 aromatic rings. The SMILES string of the molecule is O=C(Nc1cc(F)ccc1Cl)c1ccc(C#CCO)s1. The Morgan fingerprint density at radius 1 is 1.40 bits per heavy atom. The summed E-state index contributed by atoms with van der Waals surface area (Å²) >= 11 is 7.05. The van der Waals surface area contributed by atoms with Crippen molar-refractivity contribution in [1.29, 1.82) is 0 Å². The maximum atomic E-state index is 13.1. The summed E-state index contributed by atoms with van der Waals surface area (Å²) in [6.07, 6.45) is 0. The summed E-state index contributed by atoms with van der Waals surface area (Å²) in [6.45, 7) is -0.238. The Kier molecular flexibility index (Phi) is 4.74. The highest BCUT2D eigenvalue weighted by atomic mass is 35.5. The smallest absolute Gasteiger partial charge is 0.265 e. The zero-order valence-electron chi connectivity index (χ0n) is 10.1. The average molecular weight is 310 g/mol. The molecule has 0 saturated heterocycles. The van der Waals surface area contributed by atoms with E-state index < -0.39 is 5.82 Å². The van der Waals surface area contributed by atoms with Crippen LogP contribution in [0, 0.1) is 17.7 Å². The third-order valence-electron chi connectivity index (χ3n) is 2.30. The first-order valence-electron chi connectivity index (χ1n) is 5.56. The van der Waals surface area contributed by atoms with Crippen LogP contribution in [-0.4, -0.2) is 17.6 Å². The van der Waals surface area contributed by atoms with Gasteiger partial charge in [-0.2, -0.15) is 0 Å². The summed E-state index contributed by atoms with van der Waals surface area (Å²) in [5.74, 6) is 4.33. The van der Waals surface area contributed by atoms with Gasteiger partial charge in [0.05, 0.1) is 20.5 Å². The van der Waals surface area contributed by atoms with Gasteiger partial charge in [-0.1, -0.05) is 23.4 Å². The third-order valence-corrected chi connectivity index (χ3v) is 3.63. The molecule has 0 saturated carbocycles. The molecule has 0 aliphatic carbocycles. The van der Waals surface area contributed by atoms with Gasteiger partial charge in [0.25, 0.3) is 5.91 Å². The maximum Gasteiger partial charge on any atom is 0.265 e. The van der Waals surface area contributed by atoms with Crippen LogP contribution in [0.3, 0.4) is 0 Å². The van der Waals surface area contributed by atoms with E-state index in [9.17, 15) is 9.18 Å². The number of benzene rings is 1. The average Bonchev–Trinajstić information content (AvgIpc) is 2.89. The van der Waals surface area contributed by atoms with E-state index in [-0.39, 0.29) is 23.2 Å². The minimum Gasteiger partial charge on any atom is -0.384 e. The molecule has 0 bridgehead atoms. The molecule has 0 unspecified atom stereocenters. The summed E-state index contributed by atoms with van der Waals surface area (Å²) in [6, 6.07) is 7.02. The summed E-state index contributed by atoms with van der Waals surface area (Å²) in [5, 5.41) is 11.4. The Balaban J connectivity index is 2.15. The molecule has 6 heteroatoms. The fraction of sp³-hybridized carbons (Fsp3) is 0.0714. The summed E-state index contributed by atoms with van der Waals surface area (Å²) < 4.78 is 13.1. The van der Waals surface area contributed by atoms with Crippen LogP contribution in [0.5, 0.6) is 0 Å². The number of nitrogens with one attached hydrogen (secondary N) is 1. The van der Waals surface area contributed by atoms with Crippen LogP contribution >= 0.6 is 22.9 Å². The number of thiophene rings is 1. The van der Waals surface area contributed by atoms with Gasteiger partial charge in [0.2, 0.25) is 0 Å². The van der Waals surface area contributed by atoms with Crippen molar-refractivity contribution >= 4 is 34.5 Å². The van der Waals surface area contributed by atoms with Gasteiger partial charge in [-0.15, -0.1) is 11.3 Å². The minimum absolute atomic E-state index is 0.216. The lowest BCUT2D eigenvalue weighted by molar-refractivity contribution is 0.103. The van der Waals surface area contributed by atoms with Crippen LogP contribution in [0.1, 0.15) is 14.5 Å². The van der Waals surface area contributed by atoms with Crippen molar-refractivity contribution in [2.24, 2.45) is 0 Å². The van der Waals surface area contributed by atoms with Crippen molar-refractivity contribution in [2.45, 2.75) is 0 Å². The number of halogens is 2. The summed E-state index contributed by atoms with van der Waals surface area (Å²) in [7, 11) is 0. The van der Waals surface area contributed by atoms with E-state index >= 15 is 0 Å². The standard InChI is InChI=1S/C14H9ClFNO2S/c15-11-5-3-9(16)8-12(11)17-14(19)13-6-4-10(20-13)2-1-7-18/h3-6,8,18H,7H2,(H,17,19). The first-order valence-corrected chi connectivity index (χ1v) is 6.75. The molecule has 0 atom stereocenters. The lowest BCUT2D eigenvalue weighted by Crippen LogP contribution is -2.10. The van der Waals surface area contributed by atoms with Crippen molar-refractivity contribution in [1.82, 2.24) is 0 Å². The molecule has 3 nitrogen and oxygen atoms in total. The lowest BCUT2D eigenvalue weighted by atomic mass is 10.3. The number of anilines is 1. The summed E-state index contributed by atoms with van der Waals surface area (Å²) in [4.78, 5) is 13.1. The van der Waals surface area contributed by atoms with E-state index in [4.69, 9.17) is 16.7 Å². The molecule has 0 aliphatic heterocycles. The quantitative estimate of drug-likeness (QED) is 0.837. The fourth-order valence-corrected chi connectivity index (χ4v) is 2.37. The highest BCUT2D eigenvalue weighted by molar-refractivity contribution is 7.14. The molecule has 1 aromatic carbocycles. The van der Waals surface area contributed by atoms with Gasteiger partial charge >= 0.3 is 0 Å². The zero-order chi connectivity index (χ0) is 14.5. The lowest BCUT2D eigenvalue weighted by Gasteiger charge is -2.05. The van der Waals surface area contributed by atoms with Gasteiger partial charge in [-0.25, -0.2) is 4.39 Å². The number of amides is 1. The second-order valence-corrected chi connectivity index (χ2v) is 5.19. The molecule has 102 valence electrons. The van der Waals surface area contributed by atoms with Gasteiger partial charge < -0.3 is 10.4 Å². The van der Waals surface area contributed by atoms with Crippen molar-refractivity contribution in [3.8, 4) is 11.8 Å². The van der Waals surface area contributed by atoms with Crippen LogP contribution in [0.4, 0.5) is 10.1 Å². The van der Waals surface area contributed by atoms with E-state index in [1.54, 1.807) is 12.1 Å². The van der Waals surface area contributed by atoms with E-state index in [1.807, 2.05) is 0 Å². The van der Waals surface area contributed by atoms with Crippen molar-refractivity contribution in [3.05, 3.63) is 50.9 Å². The molecular formula is C14H9ClFNO2S. The van der Waals surface area contributed by atoms with Gasteiger partial charge in [0.15, 0.2) is 0 Å². The molecule has 2 N–H and O–H groups in total. The van der Waals surface area contributed by atoms with Gasteiger partial charge in [0, 0.05) is 0 Å². The predicted octanol–water partition coefficient (Wildman–Crippen LogP) is 3.14. The fourth-order valence-electron chi connectivity index (χ4n) is 1.43. The number of carbonyl (C=O) groups is 1. The zero-order valence-corrected chi connectivity index (χ0v) is 11.7.